The Morgan fingerprint density at radius 2 is 2.17 bits per heavy atom. The topological polar surface area (TPSA) is 87.7 Å². The van der Waals surface area contributed by atoms with Gasteiger partial charge in [-0.1, -0.05) is 16.8 Å². The van der Waals surface area contributed by atoms with Crippen LogP contribution in [0, 0.1) is 8.99 Å². The molecule has 0 radical (unpaired) electrons. The molecule has 1 aromatic carbocycles. The number of hydrogen-bond acceptors (Lipinski definition) is 3. The van der Waals surface area contributed by atoms with Crippen LogP contribution in [0.1, 0.15) is 13.8 Å². The highest BCUT2D eigenvalue weighted by atomic mass is 127. The number of benzene rings is 1. The fourth-order valence-corrected chi connectivity index (χ4v) is 2.01. The fourth-order valence-electron chi connectivity index (χ4n) is 1.11. The van der Waals surface area contributed by atoms with E-state index < -0.39 is 11.3 Å². The first-order valence-corrected chi connectivity index (χ1v) is 6.49. The first kappa shape index (κ1) is 15.0. The van der Waals surface area contributed by atoms with E-state index in [4.69, 9.17) is 22.5 Å². The van der Waals surface area contributed by atoms with Crippen LogP contribution in [0.5, 0.6) is 0 Å². The van der Waals surface area contributed by atoms with E-state index in [2.05, 4.69) is 33.1 Å². The van der Waals surface area contributed by atoms with Gasteiger partial charge in [0.2, 0.25) is 5.91 Å². The molecule has 18 heavy (non-hydrogen) atoms. The summed E-state index contributed by atoms with van der Waals surface area (Å²) in [5.74, 6) is -0.567. The molecule has 0 fully saturated rings. The molecule has 0 aliphatic heterocycles. The molecule has 0 aliphatic carbocycles. The zero-order chi connectivity index (χ0) is 13.9. The van der Waals surface area contributed by atoms with E-state index >= 15 is 0 Å². The molecular formula is C11H13ClIN3O2. The lowest BCUT2D eigenvalue weighted by atomic mass is 9.91. The van der Waals surface area contributed by atoms with Crippen molar-refractivity contribution in [2.24, 2.45) is 16.3 Å². The lowest BCUT2D eigenvalue weighted by Gasteiger charge is -2.22. The van der Waals surface area contributed by atoms with Gasteiger partial charge < -0.3 is 16.3 Å². The minimum Gasteiger partial charge on any atom is -0.409 e. The van der Waals surface area contributed by atoms with Gasteiger partial charge >= 0.3 is 0 Å². The van der Waals surface area contributed by atoms with Crippen LogP contribution in [0.3, 0.4) is 0 Å². The number of oxime groups is 1. The lowest BCUT2D eigenvalue weighted by molar-refractivity contribution is -0.121. The molecule has 1 amide bonds. The quantitative estimate of drug-likeness (QED) is 0.247. The maximum Gasteiger partial charge on any atom is 0.237 e. The van der Waals surface area contributed by atoms with E-state index in [0.717, 1.165) is 3.57 Å². The molecule has 1 rings (SSSR count). The van der Waals surface area contributed by atoms with Crippen molar-refractivity contribution in [2.45, 2.75) is 13.8 Å². The van der Waals surface area contributed by atoms with E-state index in [1.165, 1.54) is 0 Å². The normalized spacial score (nSPS) is 12.3. The molecule has 7 heteroatoms. The smallest absolute Gasteiger partial charge is 0.237 e. The number of amides is 1. The standard InChI is InChI=1S/C11H13ClIN3O2/c1-11(2,9(14)16-18)10(17)15-8-4-3-6(13)5-7(8)12/h3-5,18H,1-2H3,(H2,14,16)(H,15,17). The maximum atomic E-state index is 12.0. The van der Waals surface area contributed by atoms with Crippen LogP contribution in [-0.2, 0) is 4.79 Å². The van der Waals surface area contributed by atoms with E-state index in [0.29, 0.717) is 10.7 Å². The van der Waals surface area contributed by atoms with Crippen LogP contribution >= 0.6 is 34.2 Å². The number of amidine groups is 1. The molecule has 0 unspecified atom stereocenters. The zero-order valence-corrected chi connectivity index (χ0v) is 12.8. The van der Waals surface area contributed by atoms with Gasteiger partial charge in [0, 0.05) is 3.57 Å². The van der Waals surface area contributed by atoms with Crippen LogP contribution in [0.4, 0.5) is 5.69 Å². The van der Waals surface area contributed by atoms with Crippen molar-refractivity contribution in [2.75, 3.05) is 5.32 Å². The van der Waals surface area contributed by atoms with Gasteiger partial charge in [-0.05, 0) is 54.6 Å². The Kier molecular flexibility index (Phi) is 4.80. The van der Waals surface area contributed by atoms with Crippen molar-refractivity contribution in [3.05, 3.63) is 26.8 Å². The molecule has 98 valence electrons. The van der Waals surface area contributed by atoms with Crippen molar-refractivity contribution < 1.29 is 10.0 Å². The largest absolute Gasteiger partial charge is 0.409 e. The number of nitrogens with one attached hydrogen (secondary N) is 1. The summed E-state index contributed by atoms with van der Waals surface area (Å²) in [4.78, 5) is 12.0. The molecular weight excluding hydrogens is 368 g/mol. The number of anilines is 1. The van der Waals surface area contributed by atoms with Gasteiger partial charge in [0.25, 0.3) is 0 Å². The molecule has 4 N–H and O–H groups in total. The Labute approximate surface area is 124 Å². The molecule has 0 saturated carbocycles. The molecule has 0 aromatic heterocycles. The van der Waals surface area contributed by atoms with E-state index in [-0.39, 0.29) is 5.84 Å². The average molecular weight is 382 g/mol. The molecule has 1 aromatic rings. The molecule has 0 atom stereocenters. The third-order valence-electron chi connectivity index (χ3n) is 2.50. The third-order valence-corrected chi connectivity index (χ3v) is 3.48. The predicted octanol–water partition coefficient (Wildman–Crippen LogP) is 2.66. The number of carbonyl (C=O) groups is 1. The van der Waals surface area contributed by atoms with E-state index in [1.54, 1.807) is 26.0 Å². The Morgan fingerprint density at radius 3 is 2.67 bits per heavy atom. The van der Waals surface area contributed by atoms with Crippen molar-refractivity contribution >= 4 is 51.6 Å². The second-order valence-electron chi connectivity index (χ2n) is 4.19. The van der Waals surface area contributed by atoms with Gasteiger partial charge in [-0.15, -0.1) is 0 Å². The Hall–Kier alpha value is -1.02. The first-order valence-electron chi connectivity index (χ1n) is 5.03. The molecule has 0 aliphatic rings. The highest BCUT2D eigenvalue weighted by Crippen LogP contribution is 2.26. The van der Waals surface area contributed by atoms with Gasteiger partial charge in [0.1, 0.15) is 5.41 Å². The van der Waals surface area contributed by atoms with Gasteiger partial charge in [-0.3, -0.25) is 4.79 Å². The highest BCUT2D eigenvalue weighted by Gasteiger charge is 2.33. The fraction of sp³-hybridized carbons (Fsp3) is 0.273. The third kappa shape index (κ3) is 3.26. The number of hydrogen-bond donors (Lipinski definition) is 3. The van der Waals surface area contributed by atoms with Crippen LogP contribution in [-0.4, -0.2) is 17.0 Å². The summed E-state index contributed by atoms with van der Waals surface area (Å²) in [5, 5.41) is 14.6. The Morgan fingerprint density at radius 1 is 1.56 bits per heavy atom. The average Bonchev–Trinajstić information content (AvgIpc) is 2.31. The monoisotopic (exact) mass is 381 g/mol. The number of carbonyl (C=O) groups excluding carboxylic acids is 1. The Bertz CT molecular complexity index is 503. The summed E-state index contributed by atoms with van der Waals surface area (Å²) in [5.41, 5.74) is 4.84. The second kappa shape index (κ2) is 5.75. The summed E-state index contributed by atoms with van der Waals surface area (Å²) in [6.07, 6.45) is 0. The van der Waals surface area contributed by atoms with Crippen molar-refractivity contribution in [3.8, 4) is 0 Å². The number of nitrogens with two attached hydrogens (primary N) is 1. The second-order valence-corrected chi connectivity index (χ2v) is 5.84. The minimum absolute atomic E-state index is 0.165. The first-order chi connectivity index (χ1) is 8.28. The summed E-state index contributed by atoms with van der Waals surface area (Å²) in [6.45, 7) is 3.11. The van der Waals surface area contributed by atoms with E-state index in [9.17, 15) is 4.79 Å². The lowest BCUT2D eigenvalue weighted by Crippen LogP contribution is -2.42. The van der Waals surface area contributed by atoms with Gasteiger partial charge in [0.15, 0.2) is 5.84 Å². The molecule has 0 bridgehead atoms. The van der Waals surface area contributed by atoms with Crippen molar-refractivity contribution in [3.63, 3.8) is 0 Å². The Balaban J connectivity index is 2.95. The highest BCUT2D eigenvalue weighted by molar-refractivity contribution is 14.1. The van der Waals surface area contributed by atoms with Gasteiger partial charge in [-0.25, -0.2) is 0 Å². The summed E-state index contributed by atoms with van der Waals surface area (Å²) in [6, 6.07) is 5.25. The van der Waals surface area contributed by atoms with Crippen LogP contribution in [0.15, 0.2) is 23.4 Å². The minimum atomic E-state index is -1.12. The summed E-state index contributed by atoms with van der Waals surface area (Å²) < 4.78 is 0.964. The summed E-state index contributed by atoms with van der Waals surface area (Å²) in [7, 11) is 0. The van der Waals surface area contributed by atoms with Gasteiger partial charge in [0.05, 0.1) is 10.7 Å². The SMILES string of the molecule is CC(C)(C(=O)Nc1ccc(I)cc1Cl)/C(N)=N/O. The molecule has 0 heterocycles. The molecule has 5 nitrogen and oxygen atoms in total. The zero-order valence-electron chi connectivity index (χ0n) is 9.87. The van der Waals surface area contributed by atoms with Crippen molar-refractivity contribution in [1.29, 1.82) is 0 Å². The van der Waals surface area contributed by atoms with Crippen molar-refractivity contribution in [1.82, 2.24) is 0 Å². The molecule has 0 spiro atoms. The predicted molar refractivity (Wildman–Crippen MR) is 80.0 cm³/mol. The summed E-state index contributed by atoms with van der Waals surface area (Å²) >= 11 is 8.13. The number of rotatable bonds is 3. The van der Waals surface area contributed by atoms with Crippen LogP contribution < -0.4 is 11.1 Å². The number of nitrogens with zero attached hydrogens (tertiary/aromatic N) is 1. The van der Waals surface area contributed by atoms with Crippen LogP contribution in [0.25, 0.3) is 0 Å². The van der Waals surface area contributed by atoms with Gasteiger partial charge in [-0.2, -0.15) is 0 Å². The number of halogens is 2. The van der Waals surface area contributed by atoms with Crippen LogP contribution in [0.2, 0.25) is 5.02 Å². The molecule has 0 saturated heterocycles. The van der Waals surface area contributed by atoms with E-state index in [1.807, 2.05) is 6.07 Å². The maximum absolute atomic E-state index is 12.0.